The van der Waals surface area contributed by atoms with Crippen molar-refractivity contribution in [2.75, 3.05) is 19.8 Å². The van der Waals surface area contributed by atoms with E-state index in [1.165, 1.54) is 38.5 Å². The molecule has 0 N–H and O–H groups in total. The smallest absolute Gasteiger partial charge is 0.305 e. The lowest BCUT2D eigenvalue weighted by Crippen LogP contribution is -2.52. The minimum Gasteiger partial charge on any atom is -0.466 e. The van der Waals surface area contributed by atoms with E-state index in [9.17, 15) is 4.79 Å². The van der Waals surface area contributed by atoms with E-state index in [0.29, 0.717) is 29.8 Å². The summed E-state index contributed by atoms with van der Waals surface area (Å²) >= 11 is 0. The van der Waals surface area contributed by atoms with Crippen LogP contribution >= 0.6 is 0 Å². The Morgan fingerprint density at radius 1 is 1.12 bits per heavy atom. The largest absolute Gasteiger partial charge is 0.466 e. The lowest BCUT2D eigenvalue weighted by atomic mass is 9.46. The molecule has 32 heavy (non-hydrogen) atoms. The van der Waals surface area contributed by atoms with Crippen LogP contribution in [0.2, 0.25) is 0 Å². The molecular weight excluding hydrogens is 400 g/mol. The summed E-state index contributed by atoms with van der Waals surface area (Å²) in [4.78, 5) is 11.9. The molecule has 1 saturated heterocycles. The fourth-order valence-electron chi connectivity index (χ4n) is 9.10. The van der Waals surface area contributed by atoms with Crippen molar-refractivity contribution >= 4 is 5.97 Å². The van der Waals surface area contributed by atoms with Crippen molar-refractivity contribution in [3.8, 4) is 0 Å². The molecule has 0 radical (unpaired) electrons. The Hall–Kier alpha value is -0.870. The van der Waals surface area contributed by atoms with Crippen LogP contribution in [0.3, 0.4) is 0 Å². The van der Waals surface area contributed by atoms with Gasteiger partial charge in [0, 0.05) is 19.3 Å². The summed E-state index contributed by atoms with van der Waals surface area (Å²) in [5.74, 6) is 3.48. The van der Waals surface area contributed by atoms with Gasteiger partial charge in [0.05, 0.1) is 19.8 Å². The number of allylic oxidation sites excluding steroid dienone is 1. The van der Waals surface area contributed by atoms with E-state index in [4.69, 9.17) is 14.2 Å². The first kappa shape index (κ1) is 22.9. The molecule has 4 aliphatic carbocycles. The third kappa shape index (κ3) is 3.59. The Kier molecular flexibility index (Phi) is 6.02. The highest BCUT2D eigenvalue weighted by molar-refractivity contribution is 5.69. The van der Waals surface area contributed by atoms with E-state index in [1.807, 2.05) is 6.92 Å². The number of carbonyl (C=O) groups is 1. The molecule has 4 heteroatoms. The van der Waals surface area contributed by atoms with Crippen LogP contribution in [0.1, 0.15) is 91.9 Å². The molecule has 0 unspecified atom stereocenters. The molecule has 1 heterocycles. The molecule has 4 nitrogen and oxygen atoms in total. The molecular formula is C28H44O4. The minimum absolute atomic E-state index is 0.0223. The van der Waals surface area contributed by atoms with E-state index in [2.05, 4.69) is 26.8 Å². The maximum Gasteiger partial charge on any atom is 0.305 e. The first-order valence-corrected chi connectivity index (χ1v) is 13.4. The lowest BCUT2D eigenvalue weighted by molar-refractivity contribution is -0.185. The van der Waals surface area contributed by atoms with Gasteiger partial charge in [-0.2, -0.15) is 0 Å². The van der Waals surface area contributed by atoms with Crippen molar-refractivity contribution in [2.24, 2.45) is 40.4 Å². The van der Waals surface area contributed by atoms with Crippen molar-refractivity contribution < 1.29 is 19.0 Å². The van der Waals surface area contributed by atoms with E-state index in [0.717, 1.165) is 56.1 Å². The minimum atomic E-state index is -0.311. The van der Waals surface area contributed by atoms with Crippen LogP contribution < -0.4 is 0 Å². The molecule has 0 amide bonds. The maximum absolute atomic E-state index is 11.9. The van der Waals surface area contributed by atoms with Gasteiger partial charge in [0.1, 0.15) is 0 Å². The van der Waals surface area contributed by atoms with Crippen molar-refractivity contribution in [3.05, 3.63) is 11.6 Å². The van der Waals surface area contributed by atoms with Crippen molar-refractivity contribution in [1.29, 1.82) is 0 Å². The first-order chi connectivity index (χ1) is 15.3. The Morgan fingerprint density at radius 2 is 1.91 bits per heavy atom. The average Bonchev–Trinajstić information content (AvgIpc) is 3.37. The molecule has 4 fully saturated rings. The summed E-state index contributed by atoms with van der Waals surface area (Å²) < 4.78 is 17.4. The fraction of sp³-hybridized carbons (Fsp3) is 0.893. The first-order valence-electron chi connectivity index (χ1n) is 13.4. The molecule has 7 atom stereocenters. The number of rotatable bonds is 5. The molecule has 180 valence electrons. The highest BCUT2D eigenvalue weighted by atomic mass is 16.7. The standard InChI is InChI=1S/C28H44O4/c1-5-30-25(29)11-6-19(2)22-9-10-23-21-8-7-20-18-28(31-16-17-32-28)15-14-26(20,3)24(21)12-13-27(22,23)4/h7,19,21-24H,5-6,8-18H2,1-4H3/t19-,21+,22-,23+,24+,26+,27-/m1/s1. The van der Waals surface area contributed by atoms with Gasteiger partial charge in [0.15, 0.2) is 5.79 Å². The van der Waals surface area contributed by atoms with Crippen LogP contribution in [0.4, 0.5) is 0 Å². The molecule has 0 aromatic carbocycles. The van der Waals surface area contributed by atoms with E-state index in [1.54, 1.807) is 5.57 Å². The van der Waals surface area contributed by atoms with Crippen LogP contribution in [-0.2, 0) is 19.0 Å². The van der Waals surface area contributed by atoms with Crippen LogP contribution in [0.15, 0.2) is 11.6 Å². The van der Waals surface area contributed by atoms with Crippen LogP contribution in [-0.4, -0.2) is 31.6 Å². The quantitative estimate of drug-likeness (QED) is 0.369. The highest BCUT2D eigenvalue weighted by Crippen LogP contribution is 2.68. The molecule has 1 spiro atoms. The van der Waals surface area contributed by atoms with Gasteiger partial charge in [0.25, 0.3) is 0 Å². The van der Waals surface area contributed by atoms with Crippen molar-refractivity contribution in [2.45, 2.75) is 97.7 Å². The summed E-state index contributed by atoms with van der Waals surface area (Å²) in [6.07, 6.45) is 14.1. The maximum atomic E-state index is 11.9. The van der Waals surface area contributed by atoms with Crippen LogP contribution in [0.5, 0.6) is 0 Å². The van der Waals surface area contributed by atoms with Gasteiger partial charge in [-0.25, -0.2) is 0 Å². The van der Waals surface area contributed by atoms with Crippen LogP contribution in [0.25, 0.3) is 0 Å². The lowest BCUT2D eigenvalue weighted by Gasteiger charge is -2.59. The van der Waals surface area contributed by atoms with Gasteiger partial charge in [-0.15, -0.1) is 0 Å². The van der Waals surface area contributed by atoms with Gasteiger partial charge in [0.2, 0.25) is 0 Å². The molecule has 0 bridgehead atoms. The summed E-state index contributed by atoms with van der Waals surface area (Å²) in [6.45, 7) is 11.5. The summed E-state index contributed by atoms with van der Waals surface area (Å²) in [7, 11) is 0. The zero-order valence-corrected chi connectivity index (χ0v) is 20.8. The monoisotopic (exact) mass is 444 g/mol. The molecule has 3 saturated carbocycles. The van der Waals surface area contributed by atoms with Gasteiger partial charge in [-0.1, -0.05) is 32.4 Å². The van der Waals surface area contributed by atoms with Gasteiger partial charge >= 0.3 is 5.97 Å². The fourth-order valence-corrected chi connectivity index (χ4v) is 9.10. The molecule has 5 rings (SSSR count). The van der Waals surface area contributed by atoms with Gasteiger partial charge in [-0.3, -0.25) is 4.79 Å². The predicted molar refractivity (Wildman–Crippen MR) is 125 cm³/mol. The van der Waals surface area contributed by atoms with Gasteiger partial charge < -0.3 is 14.2 Å². The summed E-state index contributed by atoms with van der Waals surface area (Å²) in [5, 5.41) is 0. The normalized spacial score (nSPS) is 43.2. The second-order valence-corrected chi connectivity index (χ2v) is 12.1. The number of fused-ring (bicyclic) bond motifs is 5. The zero-order valence-electron chi connectivity index (χ0n) is 20.8. The second kappa shape index (κ2) is 8.41. The van der Waals surface area contributed by atoms with E-state index in [-0.39, 0.29) is 11.8 Å². The highest BCUT2D eigenvalue weighted by Gasteiger charge is 2.60. The van der Waals surface area contributed by atoms with E-state index >= 15 is 0 Å². The van der Waals surface area contributed by atoms with E-state index < -0.39 is 0 Å². The third-order valence-electron chi connectivity index (χ3n) is 10.8. The predicted octanol–water partition coefficient (Wildman–Crippen LogP) is 6.29. The van der Waals surface area contributed by atoms with Crippen LogP contribution in [0, 0.1) is 40.4 Å². The summed E-state index contributed by atoms with van der Waals surface area (Å²) in [6, 6.07) is 0. The van der Waals surface area contributed by atoms with Gasteiger partial charge in [-0.05, 0) is 92.3 Å². The molecule has 0 aromatic heterocycles. The van der Waals surface area contributed by atoms with Crippen molar-refractivity contribution in [3.63, 3.8) is 0 Å². The topological polar surface area (TPSA) is 44.8 Å². The number of carbonyl (C=O) groups excluding carboxylic acids is 1. The Balaban J connectivity index is 1.30. The molecule has 0 aromatic rings. The number of ether oxygens (including phenoxy) is 3. The Bertz CT molecular complexity index is 753. The molecule has 1 aliphatic heterocycles. The summed E-state index contributed by atoms with van der Waals surface area (Å²) in [5.41, 5.74) is 2.40. The average molecular weight is 445 g/mol. The second-order valence-electron chi connectivity index (χ2n) is 12.1. The molecule has 5 aliphatic rings. The number of hydrogen-bond acceptors (Lipinski definition) is 4. The SMILES string of the molecule is CCOC(=O)CC[C@@H](C)[C@H]1CC[C@H]2[C@@H]3CC=C4CC5(CC[C@]4(C)[C@H]3CC[C@]12C)OCCO5. The number of esters is 1. The number of hydrogen-bond donors (Lipinski definition) is 0. The Labute approximate surface area is 194 Å². The zero-order chi connectivity index (χ0) is 22.6. The van der Waals surface area contributed by atoms with Crippen molar-refractivity contribution in [1.82, 2.24) is 0 Å². The third-order valence-corrected chi connectivity index (χ3v) is 10.8. The Morgan fingerprint density at radius 3 is 2.66 bits per heavy atom.